The van der Waals surface area contributed by atoms with Gasteiger partial charge in [0.15, 0.2) is 5.96 Å². The molecule has 0 aliphatic carbocycles. The molecule has 4 nitrogen and oxygen atoms in total. The fourth-order valence-corrected chi connectivity index (χ4v) is 2.43. The van der Waals surface area contributed by atoms with Gasteiger partial charge >= 0.3 is 0 Å². The molecule has 0 aromatic rings. The highest BCUT2D eigenvalue weighted by molar-refractivity contribution is 7.98. The predicted octanol–water partition coefficient (Wildman–Crippen LogP) is 2.03. The molecule has 0 fully saturated rings. The molecule has 1 heterocycles. The molecule has 0 amide bonds. The lowest BCUT2D eigenvalue weighted by Crippen LogP contribution is -2.38. The molecule has 19 heavy (non-hydrogen) atoms. The maximum Gasteiger partial charge on any atom is 0.190 e. The van der Waals surface area contributed by atoms with Crippen LogP contribution >= 0.6 is 11.8 Å². The number of thioether (sulfide) groups is 1. The number of hydrogen-bond acceptors (Lipinski definition) is 3. The quantitative estimate of drug-likeness (QED) is 0.310. The van der Waals surface area contributed by atoms with Crippen LogP contribution in [0.25, 0.3) is 0 Å². The summed E-state index contributed by atoms with van der Waals surface area (Å²) >= 11 is 1.91. The molecule has 0 aromatic heterocycles. The first-order valence-electron chi connectivity index (χ1n) is 7.06. The Kier molecular flexibility index (Phi) is 9.63. The molecule has 5 heteroatoms. The van der Waals surface area contributed by atoms with Crippen LogP contribution in [-0.2, 0) is 4.74 Å². The SMILES string of the molecule is CN=C(NCCCCSC)NCCC1=CCOCC1. The van der Waals surface area contributed by atoms with Crippen molar-refractivity contribution in [1.82, 2.24) is 10.6 Å². The van der Waals surface area contributed by atoms with Crippen LogP contribution in [0.3, 0.4) is 0 Å². The van der Waals surface area contributed by atoms with Gasteiger partial charge in [-0.25, -0.2) is 0 Å². The van der Waals surface area contributed by atoms with E-state index in [1.807, 2.05) is 18.8 Å². The van der Waals surface area contributed by atoms with E-state index >= 15 is 0 Å². The Morgan fingerprint density at radius 2 is 2.21 bits per heavy atom. The second kappa shape index (κ2) is 11.2. The molecular formula is C14H27N3OS. The van der Waals surface area contributed by atoms with Gasteiger partial charge in [-0.1, -0.05) is 11.6 Å². The van der Waals surface area contributed by atoms with E-state index in [0.29, 0.717) is 0 Å². The minimum absolute atomic E-state index is 0.776. The van der Waals surface area contributed by atoms with Gasteiger partial charge in [-0.05, 0) is 37.7 Å². The number of guanidine groups is 1. The molecule has 110 valence electrons. The molecule has 1 aliphatic rings. The Labute approximate surface area is 121 Å². The number of hydrogen-bond donors (Lipinski definition) is 2. The lowest BCUT2D eigenvalue weighted by molar-refractivity contribution is 0.153. The summed E-state index contributed by atoms with van der Waals surface area (Å²) in [6.07, 6.45) is 8.96. The van der Waals surface area contributed by atoms with Crippen LogP contribution < -0.4 is 10.6 Å². The molecule has 0 saturated heterocycles. The largest absolute Gasteiger partial charge is 0.377 e. The number of nitrogens with one attached hydrogen (secondary N) is 2. The highest BCUT2D eigenvalue weighted by Crippen LogP contribution is 2.10. The normalized spacial score (nSPS) is 16.1. The van der Waals surface area contributed by atoms with Crippen LogP contribution in [0, 0.1) is 0 Å². The summed E-state index contributed by atoms with van der Waals surface area (Å²) < 4.78 is 5.30. The minimum atomic E-state index is 0.776. The molecule has 2 N–H and O–H groups in total. The molecule has 0 saturated carbocycles. The zero-order chi connectivity index (χ0) is 13.8. The van der Waals surface area contributed by atoms with Crippen LogP contribution in [-0.4, -0.2) is 51.3 Å². The van der Waals surface area contributed by atoms with Gasteiger partial charge < -0.3 is 15.4 Å². The number of aliphatic imine (C=N–C) groups is 1. The Balaban J connectivity index is 2.06. The molecule has 0 radical (unpaired) electrons. The number of ether oxygens (including phenoxy) is 1. The van der Waals surface area contributed by atoms with Gasteiger partial charge in [0.1, 0.15) is 0 Å². The van der Waals surface area contributed by atoms with Crippen molar-refractivity contribution in [3.63, 3.8) is 0 Å². The van der Waals surface area contributed by atoms with Gasteiger partial charge in [0.25, 0.3) is 0 Å². The zero-order valence-corrected chi connectivity index (χ0v) is 13.0. The van der Waals surface area contributed by atoms with Crippen molar-refractivity contribution in [2.45, 2.75) is 25.7 Å². The predicted molar refractivity (Wildman–Crippen MR) is 85.1 cm³/mol. The van der Waals surface area contributed by atoms with E-state index in [1.54, 1.807) is 0 Å². The average Bonchev–Trinajstić information content (AvgIpc) is 2.46. The molecule has 0 aromatic carbocycles. The van der Waals surface area contributed by atoms with Crippen molar-refractivity contribution < 1.29 is 4.74 Å². The highest BCUT2D eigenvalue weighted by Gasteiger charge is 2.03. The van der Waals surface area contributed by atoms with Gasteiger partial charge in [-0.15, -0.1) is 0 Å². The molecule has 0 atom stereocenters. The maximum atomic E-state index is 5.30. The maximum absolute atomic E-state index is 5.30. The number of nitrogens with zero attached hydrogens (tertiary/aromatic N) is 1. The molecule has 0 bridgehead atoms. The minimum Gasteiger partial charge on any atom is -0.377 e. The summed E-state index contributed by atoms with van der Waals surface area (Å²) in [6.45, 7) is 3.58. The second-order valence-corrected chi connectivity index (χ2v) is 5.55. The lowest BCUT2D eigenvalue weighted by atomic mass is 10.1. The van der Waals surface area contributed by atoms with E-state index < -0.39 is 0 Å². The third kappa shape index (κ3) is 8.16. The zero-order valence-electron chi connectivity index (χ0n) is 12.2. The molecular weight excluding hydrogens is 258 g/mol. The summed E-state index contributed by atoms with van der Waals surface area (Å²) in [6, 6.07) is 0. The van der Waals surface area contributed by atoms with Crippen molar-refractivity contribution >= 4 is 17.7 Å². The summed E-state index contributed by atoms with van der Waals surface area (Å²) in [5.41, 5.74) is 1.49. The molecule has 0 unspecified atom stereocenters. The molecule has 1 aliphatic heterocycles. The second-order valence-electron chi connectivity index (χ2n) is 4.56. The Morgan fingerprint density at radius 3 is 2.89 bits per heavy atom. The summed E-state index contributed by atoms with van der Waals surface area (Å²) in [4.78, 5) is 4.23. The number of unbranched alkanes of at least 4 members (excludes halogenated alkanes) is 1. The van der Waals surface area contributed by atoms with Crippen molar-refractivity contribution in [3.8, 4) is 0 Å². The van der Waals surface area contributed by atoms with E-state index in [1.165, 1.54) is 24.2 Å². The van der Waals surface area contributed by atoms with Crippen LogP contribution in [0.2, 0.25) is 0 Å². The van der Waals surface area contributed by atoms with Gasteiger partial charge in [-0.2, -0.15) is 11.8 Å². The monoisotopic (exact) mass is 285 g/mol. The fraction of sp³-hybridized carbons (Fsp3) is 0.786. The molecule has 0 spiro atoms. The average molecular weight is 285 g/mol. The third-order valence-corrected chi connectivity index (χ3v) is 3.78. The Morgan fingerprint density at radius 1 is 1.37 bits per heavy atom. The van der Waals surface area contributed by atoms with E-state index in [2.05, 4.69) is 28.0 Å². The smallest absolute Gasteiger partial charge is 0.190 e. The Hall–Kier alpha value is -0.680. The Bertz CT molecular complexity index is 292. The van der Waals surface area contributed by atoms with E-state index in [4.69, 9.17) is 4.74 Å². The summed E-state index contributed by atoms with van der Waals surface area (Å²) in [7, 11) is 1.82. The van der Waals surface area contributed by atoms with Gasteiger partial charge in [-0.3, -0.25) is 4.99 Å². The van der Waals surface area contributed by atoms with Crippen molar-refractivity contribution in [2.24, 2.45) is 4.99 Å². The summed E-state index contributed by atoms with van der Waals surface area (Å²) in [5.74, 6) is 2.15. The topological polar surface area (TPSA) is 45.7 Å². The van der Waals surface area contributed by atoms with E-state index in [0.717, 1.165) is 45.1 Å². The highest BCUT2D eigenvalue weighted by atomic mass is 32.2. The van der Waals surface area contributed by atoms with Crippen molar-refractivity contribution in [2.75, 3.05) is 45.4 Å². The van der Waals surface area contributed by atoms with Crippen LogP contribution in [0.4, 0.5) is 0 Å². The number of rotatable bonds is 8. The first-order valence-corrected chi connectivity index (χ1v) is 8.45. The van der Waals surface area contributed by atoms with Gasteiger partial charge in [0.05, 0.1) is 13.2 Å². The van der Waals surface area contributed by atoms with Gasteiger partial charge in [0, 0.05) is 20.1 Å². The fourth-order valence-electron chi connectivity index (χ4n) is 1.93. The van der Waals surface area contributed by atoms with Gasteiger partial charge in [0.2, 0.25) is 0 Å². The lowest BCUT2D eigenvalue weighted by Gasteiger charge is -2.15. The van der Waals surface area contributed by atoms with Crippen LogP contribution in [0.5, 0.6) is 0 Å². The molecule has 1 rings (SSSR count). The summed E-state index contributed by atoms with van der Waals surface area (Å²) in [5, 5.41) is 6.71. The van der Waals surface area contributed by atoms with E-state index in [9.17, 15) is 0 Å². The third-order valence-electron chi connectivity index (χ3n) is 3.09. The van der Waals surface area contributed by atoms with Crippen LogP contribution in [0.15, 0.2) is 16.6 Å². The first-order chi connectivity index (χ1) is 9.36. The van der Waals surface area contributed by atoms with Crippen molar-refractivity contribution in [1.29, 1.82) is 0 Å². The standard InChI is InChI=1S/C14H27N3OS/c1-15-14(16-8-3-4-12-19-2)17-9-5-13-6-10-18-11-7-13/h6H,3-5,7-12H2,1-2H3,(H2,15,16,17). The van der Waals surface area contributed by atoms with E-state index in [-0.39, 0.29) is 0 Å². The van der Waals surface area contributed by atoms with Crippen molar-refractivity contribution in [3.05, 3.63) is 11.6 Å². The first kappa shape index (κ1) is 16.4. The van der Waals surface area contributed by atoms with Crippen LogP contribution in [0.1, 0.15) is 25.7 Å².